The SMILES string of the molecule is CCNCCCc1ncc(-c2cc(OC)cc(OC)c2)o1. The molecule has 1 N–H and O–H groups in total. The highest BCUT2D eigenvalue weighted by atomic mass is 16.5. The van der Waals surface area contributed by atoms with E-state index in [1.807, 2.05) is 18.2 Å². The first-order valence-corrected chi connectivity index (χ1v) is 7.15. The molecule has 2 rings (SSSR count). The van der Waals surface area contributed by atoms with Crippen molar-refractivity contribution in [3.8, 4) is 22.8 Å². The summed E-state index contributed by atoms with van der Waals surface area (Å²) in [5.74, 6) is 2.94. The molecule has 0 aliphatic rings. The van der Waals surface area contributed by atoms with Crippen LogP contribution in [-0.4, -0.2) is 32.3 Å². The first-order chi connectivity index (χ1) is 10.3. The number of nitrogens with zero attached hydrogens (tertiary/aromatic N) is 1. The van der Waals surface area contributed by atoms with Crippen LogP contribution in [0.15, 0.2) is 28.8 Å². The zero-order valence-corrected chi connectivity index (χ0v) is 12.8. The zero-order chi connectivity index (χ0) is 15.1. The van der Waals surface area contributed by atoms with Crippen LogP contribution < -0.4 is 14.8 Å². The van der Waals surface area contributed by atoms with Crippen molar-refractivity contribution in [1.29, 1.82) is 0 Å². The van der Waals surface area contributed by atoms with Gasteiger partial charge < -0.3 is 19.2 Å². The minimum absolute atomic E-state index is 0.727. The summed E-state index contributed by atoms with van der Waals surface area (Å²) < 4.78 is 16.3. The highest BCUT2D eigenvalue weighted by Crippen LogP contribution is 2.30. The number of methoxy groups -OCH3 is 2. The normalized spacial score (nSPS) is 10.6. The highest BCUT2D eigenvalue weighted by molar-refractivity contribution is 5.61. The monoisotopic (exact) mass is 290 g/mol. The lowest BCUT2D eigenvalue weighted by molar-refractivity contribution is 0.394. The minimum atomic E-state index is 0.727. The van der Waals surface area contributed by atoms with Crippen molar-refractivity contribution in [2.75, 3.05) is 27.3 Å². The molecule has 2 aromatic rings. The van der Waals surface area contributed by atoms with Crippen LogP contribution in [-0.2, 0) is 6.42 Å². The molecule has 1 aromatic heterocycles. The molecular weight excluding hydrogens is 268 g/mol. The van der Waals surface area contributed by atoms with E-state index in [4.69, 9.17) is 13.9 Å². The second kappa shape index (κ2) is 7.69. The summed E-state index contributed by atoms with van der Waals surface area (Å²) in [6, 6.07) is 5.65. The van der Waals surface area contributed by atoms with Crippen molar-refractivity contribution in [2.24, 2.45) is 0 Å². The maximum Gasteiger partial charge on any atom is 0.194 e. The number of hydrogen-bond donors (Lipinski definition) is 1. The fraction of sp³-hybridized carbons (Fsp3) is 0.438. The van der Waals surface area contributed by atoms with Gasteiger partial charge in [0.25, 0.3) is 0 Å². The largest absolute Gasteiger partial charge is 0.497 e. The van der Waals surface area contributed by atoms with Crippen molar-refractivity contribution in [3.63, 3.8) is 0 Å². The van der Waals surface area contributed by atoms with E-state index >= 15 is 0 Å². The second-order valence-corrected chi connectivity index (χ2v) is 4.68. The molecule has 5 heteroatoms. The summed E-state index contributed by atoms with van der Waals surface area (Å²) in [7, 11) is 3.26. The Hall–Kier alpha value is -2.01. The van der Waals surface area contributed by atoms with Crippen molar-refractivity contribution in [2.45, 2.75) is 19.8 Å². The maximum atomic E-state index is 5.80. The van der Waals surface area contributed by atoms with Crippen LogP contribution in [0.5, 0.6) is 11.5 Å². The summed E-state index contributed by atoms with van der Waals surface area (Å²) in [5, 5.41) is 3.28. The Labute approximate surface area is 125 Å². The maximum absolute atomic E-state index is 5.80. The molecule has 0 fully saturated rings. The van der Waals surface area contributed by atoms with Gasteiger partial charge in [-0.15, -0.1) is 0 Å². The standard InChI is InChI=1S/C16H22N2O3/c1-4-17-7-5-6-16-18-11-15(21-16)12-8-13(19-2)10-14(9-12)20-3/h8-11,17H,4-7H2,1-3H3. The molecule has 0 bridgehead atoms. The van der Waals surface area contributed by atoms with Crippen LogP contribution >= 0.6 is 0 Å². The highest BCUT2D eigenvalue weighted by Gasteiger charge is 2.09. The van der Waals surface area contributed by atoms with Gasteiger partial charge in [-0.2, -0.15) is 0 Å². The molecule has 114 valence electrons. The number of oxazole rings is 1. The molecule has 0 saturated carbocycles. The second-order valence-electron chi connectivity index (χ2n) is 4.68. The van der Waals surface area contributed by atoms with E-state index < -0.39 is 0 Å². The van der Waals surface area contributed by atoms with Crippen molar-refractivity contribution in [3.05, 3.63) is 30.3 Å². The van der Waals surface area contributed by atoms with Crippen molar-refractivity contribution < 1.29 is 13.9 Å². The summed E-state index contributed by atoms with van der Waals surface area (Å²) >= 11 is 0. The third-order valence-electron chi connectivity index (χ3n) is 3.18. The van der Waals surface area contributed by atoms with Crippen molar-refractivity contribution in [1.82, 2.24) is 10.3 Å². The van der Waals surface area contributed by atoms with E-state index in [0.717, 1.165) is 54.6 Å². The summed E-state index contributed by atoms with van der Waals surface area (Å²) in [4.78, 5) is 4.33. The van der Waals surface area contributed by atoms with Crippen LogP contribution in [0.1, 0.15) is 19.2 Å². The first kappa shape index (κ1) is 15.4. The molecule has 5 nitrogen and oxygen atoms in total. The molecule has 0 atom stereocenters. The van der Waals surface area contributed by atoms with Gasteiger partial charge >= 0.3 is 0 Å². The van der Waals surface area contributed by atoms with Gasteiger partial charge in [-0.1, -0.05) is 6.92 Å². The van der Waals surface area contributed by atoms with E-state index in [-0.39, 0.29) is 0 Å². The average molecular weight is 290 g/mol. The Morgan fingerprint density at radius 3 is 2.48 bits per heavy atom. The molecule has 0 aliphatic heterocycles. The van der Waals surface area contributed by atoms with Gasteiger partial charge in [-0.25, -0.2) is 4.98 Å². The van der Waals surface area contributed by atoms with Crippen LogP contribution in [0.2, 0.25) is 0 Å². The lowest BCUT2D eigenvalue weighted by atomic mass is 10.1. The fourth-order valence-electron chi connectivity index (χ4n) is 2.05. The Morgan fingerprint density at radius 2 is 1.86 bits per heavy atom. The van der Waals surface area contributed by atoms with Gasteiger partial charge in [0, 0.05) is 18.1 Å². The first-order valence-electron chi connectivity index (χ1n) is 7.15. The van der Waals surface area contributed by atoms with Gasteiger partial charge in [0.05, 0.1) is 20.4 Å². The molecule has 0 radical (unpaired) electrons. The number of hydrogen-bond acceptors (Lipinski definition) is 5. The van der Waals surface area contributed by atoms with E-state index in [0.29, 0.717) is 0 Å². The Kier molecular flexibility index (Phi) is 5.63. The predicted molar refractivity (Wildman–Crippen MR) is 81.9 cm³/mol. The lowest BCUT2D eigenvalue weighted by Gasteiger charge is -2.06. The van der Waals surface area contributed by atoms with E-state index in [1.165, 1.54) is 0 Å². The van der Waals surface area contributed by atoms with Gasteiger partial charge in [0.2, 0.25) is 0 Å². The van der Waals surface area contributed by atoms with Gasteiger partial charge in [0.15, 0.2) is 11.7 Å². The fourth-order valence-corrected chi connectivity index (χ4v) is 2.05. The molecule has 0 spiro atoms. The number of aromatic nitrogens is 1. The van der Waals surface area contributed by atoms with Crippen LogP contribution in [0, 0.1) is 0 Å². The molecule has 0 unspecified atom stereocenters. The summed E-state index contributed by atoms with van der Waals surface area (Å²) in [6.07, 6.45) is 3.58. The molecule has 0 saturated heterocycles. The topological polar surface area (TPSA) is 56.5 Å². The lowest BCUT2D eigenvalue weighted by Crippen LogP contribution is -2.14. The number of benzene rings is 1. The quantitative estimate of drug-likeness (QED) is 0.758. The Morgan fingerprint density at radius 1 is 1.14 bits per heavy atom. The van der Waals surface area contributed by atoms with E-state index in [2.05, 4.69) is 17.2 Å². The molecule has 0 amide bonds. The minimum Gasteiger partial charge on any atom is -0.497 e. The summed E-state index contributed by atoms with van der Waals surface area (Å²) in [5.41, 5.74) is 0.900. The Balaban J connectivity index is 2.09. The Bertz CT molecular complexity index is 544. The molecular formula is C16H22N2O3. The van der Waals surface area contributed by atoms with Gasteiger partial charge in [-0.05, 0) is 31.6 Å². The predicted octanol–water partition coefficient (Wildman–Crippen LogP) is 2.90. The number of ether oxygens (including phenoxy) is 2. The molecule has 1 heterocycles. The van der Waals surface area contributed by atoms with Crippen LogP contribution in [0.4, 0.5) is 0 Å². The van der Waals surface area contributed by atoms with Crippen LogP contribution in [0.25, 0.3) is 11.3 Å². The summed E-state index contributed by atoms with van der Waals surface area (Å²) in [6.45, 7) is 4.06. The van der Waals surface area contributed by atoms with E-state index in [9.17, 15) is 0 Å². The number of aryl methyl sites for hydroxylation is 1. The molecule has 1 aromatic carbocycles. The number of nitrogens with one attached hydrogen (secondary N) is 1. The van der Waals surface area contributed by atoms with Gasteiger partial charge in [-0.3, -0.25) is 0 Å². The smallest absolute Gasteiger partial charge is 0.194 e. The third-order valence-corrected chi connectivity index (χ3v) is 3.18. The molecule has 0 aliphatic carbocycles. The van der Waals surface area contributed by atoms with Gasteiger partial charge in [0.1, 0.15) is 11.5 Å². The zero-order valence-electron chi connectivity index (χ0n) is 12.8. The third kappa shape index (κ3) is 4.23. The van der Waals surface area contributed by atoms with Crippen LogP contribution in [0.3, 0.4) is 0 Å². The van der Waals surface area contributed by atoms with E-state index in [1.54, 1.807) is 20.4 Å². The van der Waals surface area contributed by atoms with Crippen molar-refractivity contribution >= 4 is 0 Å². The molecule has 21 heavy (non-hydrogen) atoms. The average Bonchev–Trinajstić information content (AvgIpc) is 3.00. The number of rotatable bonds is 8.